The number of nitrogens with two attached hydrogens (primary N) is 1. The third kappa shape index (κ3) is 24.2. The highest BCUT2D eigenvalue weighted by Crippen LogP contribution is 2.00. The Labute approximate surface area is 137 Å². The van der Waals surface area contributed by atoms with Gasteiger partial charge in [0.2, 0.25) is 0 Å². The van der Waals surface area contributed by atoms with Crippen molar-refractivity contribution in [1.82, 2.24) is 0 Å². The molecule has 11 heteroatoms. The number of carbonyl (C=O) groups excluding carboxylic acids is 2. The lowest BCUT2D eigenvalue weighted by Gasteiger charge is -2.10. The minimum absolute atomic E-state index is 0. The fraction of sp³-hybridized carbons (Fsp3) is 0.818. The fourth-order valence-corrected chi connectivity index (χ4v) is 0.989. The second kappa shape index (κ2) is 15.0. The lowest BCUT2D eigenvalue weighted by atomic mass is 10.2. The van der Waals surface area contributed by atoms with Gasteiger partial charge in [0.05, 0.1) is 13.2 Å². The van der Waals surface area contributed by atoms with Gasteiger partial charge in [-0.25, -0.2) is 0 Å². The smallest absolute Gasteiger partial charge is 0.394 e. The van der Waals surface area contributed by atoms with Crippen LogP contribution in [0.15, 0.2) is 0 Å². The van der Waals surface area contributed by atoms with Gasteiger partial charge in [-0.2, -0.15) is 21.9 Å². The first kappa shape index (κ1) is 26.0. The van der Waals surface area contributed by atoms with Crippen LogP contribution in [0.25, 0.3) is 0 Å². The summed E-state index contributed by atoms with van der Waals surface area (Å²) < 4.78 is 41.3. The summed E-state index contributed by atoms with van der Waals surface area (Å²) in [6.45, 7) is 4.60. The second-order valence-electron chi connectivity index (χ2n) is 3.98. The predicted octanol–water partition coefficient (Wildman–Crippen LogP) is 0.460. The van der Waals surface area contributed by atoms with Crippen molar-refractivity contribution in [1.29, 1.82) is 0 Å². The molecule has 1 atom stereocenters. The maximum atomic E-state index is 11.2. The Bertz CT molecular complexity index is 391. The summed E-state index contributed by atoms with van der Waals surface area (Å²) in [5.74, 6) is -0.772. The number of hydrogen-bond acceptors (Lipinski definition) is 7. The third-order valence-electron chi connectivity index (χ3n) is 1.88. The topological polar surface area (TPSA) is 153 Å². The van der Waals surface area contributed by atoms with Gasteiger partial charge < -0.3 is 15.2 Å². The van der Waals surface area contributed by atoms with Gasteiger partial charge in [-0.15, -0.1) is 0 Å². The zero-order valence-corrected chi connectivity index (χ0v) is 14.5. The van der Waals surface area contributed by atoms with Crippen molar-refractivity contribution >= 4 is 35.8 Å². The number of ether oxygens (including phenoxy) is 2. The van der Waals surface area contributed by atoms with Crippen LogP contribution in [0.3, 0.4) is 0 Å². The lowest BCUT2D eigenvalue weighted by Crippen LogP contribution is -2.33. The molecule has 0 aromatic heterocycles. The van der Waals surface area contributed by atoms with Crippen molar-refractivity contribution in [3.8, 4) is 0 Å². The number of rotatable bonds is 8. The Kier molecular flexibility index (Phi) is 17.8. The van der Waals surface area contributed by atoms with Gasteiger partial charge in [-0.05, 0) is 19.3 Å². The van der Waals surface area contributed by atoms with Crippen LogP contribution >= 0.6 is 13.5 Å². The van der Waals surface area contributed by atoms with Crippen LogP contribution in [-0.2, 0) is 29.5 Å². The zero-order chi connectivity index (χ0) is 16.9. The molecule has 0 aliphatic carbocycles. The summed E-state index contributed by atoms with van der Waals surface area (Å²) in [5, 5.41) is 0. The molecule has 0 amide bonds. The number of carbonyl (C=O) groups is 2. The van der Waals surface area contributed by atoms with E-state index < -0.39 is 22.4 Å². The molecule has 0 spiro atoms. The molecule has 0 aromatic rings. The third-order valence-corrected chi connectivity index (χ3v) is 1.88. The maximum Gasteiger partial charge on any atom is 0.394 e. The predicted molar refractivity (Wildman–Crippen MR) is 84.3 cm³/mol. The van der Waals surface area contributed by atoms with Crippen LogP contribution in [-0.4, -0.2) is 48.7 Å². The molecule has 0 saturated carbocycles. The van der Waals surface area contributed by atoms with Gasteiger partial charge in [-0.1, -0.05) is 13.8 Å². The molecule has 0 fully saturated rings. The molecule has 134 valence electrons. The van der Waals surface area contributed by atoms with Crippen molar-refractivity contribution in [2.45, 2.75) is 45.6 Å². The van der Waals surface area contributed by atoms with E-state index in [9.17, 15) is 9.59 Å². The SMILES string of the molecule is CCCOC(=O)CC[C@H](N)C(=O)OCCC.O=S(=O)(O)O.S. The highest BCUT2D eigenvalue weighted by Gasteiger charge is 2.16. The van der Waals surface area contributed by atoms with E-state index in [2.05, 4.69) is 0 Å². The van der Waals surface area contributed by atoms with E-state index in [1.165, 1.54) is 0 Å². The fourth-order valence-electron chi connectivity index (χ4n) is 0.989. The molecule has 0 aliphatic rings. The van der Waals surface area contributed by atoms with Crippen LogP contribution in [0.2, 0.25) is 0 Å². The molecule has 22 heavy (non-hydrogen) atoms. The minimum atomic E-state index is -4.67. The average Bonchev–Trinajstić information content (AvgIpc) is 2.37. The normalized spacial score (nSPS) is 11.3. The Morgan fingerprint density at radius 1 is 1.09 bits per heavy atom. The largest absolute Gasteiger partial charge is 0.466 e. The van der Waals surface area contributed by atoms with E-state index in [4.69, 9.17) is 32.7 Å². The first-order valence-electron chi connectivity index (χ1n) is 6.39. The number of hydrogen-bond donors (Lipinski definition) is 3. The zero-order valence-electron chi connectivity index (χ0n) is 12.6. The summed E-state index contributed by atoms with van der Waals surface area (Å²) >= 11 is 0. The summed E-state index contributed by atoms with van der Waals surface area (Å²) in [4.78, 5) is 22.3. The standard InChI is InChI=1S/C11H21NO4.H2O4S.H2S/c1-3-7-15-10(13)6-5-9(12)11(14)16-8-4-2;1-5(2,3)4;/h9H,3-8,12H2,1-2H3;(H2,1,2,3,4);1H2/t9-;;/m0../s1. The van der Waals surface area contributed by atoms with E-state index in [-0.39, 0.29) is 32.3 Å². The van der Waals surface area contributed by atoms with Gasteiger partial charge in [-0.3, -0.25) is 18.7 Å². The van der Waals surface area contributed by atoms with Crippen molar-refractivity contribution < 1.29 is 36.6 Å². The van der Waals surface area contributed by atoms with Crippen LogP contribution in [0, 0.1) is 0 Å². The average molecular weight is 363 g/mol. The minimum Gasteiger partial charge on any atom is -0.466 e. The van der Waals surface area contributed by atoms with Crippen LogP contribution in [0.4, 0.5) is 0 Å². The molecule has 0 unspecified atom stereocenters. The molecular weight excluding hydrogens is 338 g/mol. The van der Waals surface area contributed by atoms with E-state index >= 15 is 0 Å². The second-order valence-corrected chi connectivity index (χ2v) is 4.88. The lowest BCUT2D eigenvalue weighted by molar-refractivity contribution is -0.146. The Morgan fingerprint density at radius 2 is 1.50 bits per heavy atom. The highest BCUT2D eigenvalue weighted by atomic mass is 32.3. The Balaban J connectivity index is -0.000000520. The monoisotopic (exact) mass is 363 g/mol. The van der Waals surface area contributed by atoms with Crippen molar-refractivity contribution in [3.63, 3.8) is 0 Å². The van der Waals surface area contributed by atoms with Crippen molar-refractivity contribution in [2.24, 2.45) is 5.73 Å². The molecule has 0 rings (SSSR count). The van der Waals surface area contributed by atoms with E-state index in [0.29, 0.717) is 13.2 Å². The summed E-state index contributed by atoms with van der Waals surface area (Å²) in [6.07, 6.45) is 1.97. The molecule has 0 radical (unpaired) electrons. The van der Waals surface area contributed by atoms with Gasteiger partial charge in [0.1, 0.15) is 6.04 Å². The summed E-state index contributed by atoms with van der Waals surface area (Å²) in [5.41, 5.74) is 5.55. The molecule has 0 aromatic carbocycles. The molecule has 0 heterocycles. The first-order chi connectivity index (χ1) is 9.61. The molecule has 0 bridgehead atoms. The van der Waals surface area contributed by atoms with Gasteiger partial charge in [0, 0.05) is 6.42 Å². The first-order valence-corrected chi connectivity index (χ1v) is 7.79. The van der Waals surface area contributed by atoms with E-state index in [1.54, 1.807) is 0 Å². The Morgan fingerprint density at radius 3 is 1.91 bits per heavy atom. The molecule has 0 saturated heterocycles. The van der Waals surface area contributed by atoms with E-state index in [0.717, 1.165) is 12.8 Å². The van der Waals surface area contributed by atoms with Crippen LogP contribution < -0.4 is 5.73 Å². The molecule has 0 aliphatic heterocycles. The van der Waals surface area contributed by atoms with Crippen molar-refractivity contribution in [2.75, 3.05) is 13.2 Å². The van der Waals surface area contributed by atoms with Crippen LogP contribution in [0.1, 0.15) is 39.5 Å². The van der Waals surface area contributed by atoms with Crippen molar-refractivity contribution in [3.05, 3.63) is 0 Å². The number of esters is 2. The molecular formula is C11H25NO8S2. The van der Waals surface area contributed by atoms with Gasteiger partial charge in [0.15, 0.2) is 0 Å². The van der Waals surface area contributed by atoms with Crippen LogP contribution in [0.5, 0.6) is 0 Å². The molecule has 9 nitrogen and oxygen atoms in total. The quantitative estimate of drug-likeness (QED) is 0.412. The maximum absolute atomic E-state index is 11.2. The van der Waals surface area contributed by atoms with Gasteiger partial charge >= 0.3 is 22.3 Å². The highest BCUT2D eigenvalue weighted by molar-refractivity contribution is 7.79. The summed E-state index contributed by atoms with van der Waals surface area (Å²) in [6, 6.07) is -0.735. The van der Waals surface area contributed by atoms with E-state index in [1.807, 2.05) is 13.8 Å². The molecule has 4 N–H and O–H groups in total. The summed E-state index contributed by atoms with van der Waals surface area (Å²) in [7, 11) is -4.67. The van der Waals surface area contributed by atoms with Gasteiger partial charge in [0.25, 0.3) is 0 Å². The Hall–Kier alpha value is -0.880.